The van der Waals surface area contributed by atoms with E-state index in [1.165, 1.54) is 30.5 Å². The molecule has 2 rings (SSSR count). The maximum atomic E-state index is 10.3. The highest BCUT2D eigenvalue weighted by atomic mass is 16.4. The molecule has 11 heteroatoms. The van der Waals surface area contributed by atoms with Crippen LogP contribution in [0.2, 0.25) is 0 Å². The Kier molecular flexibility index (Phi) is 11.4. The molecule has 5 N–H and O–H groups in total. The van der Waals surface area contributed by atoms with Crippen LogP contribution in [0.25, 0.3) is 0 Å². The lowest BCUT2D eigenvalue weighted by atomic mass is 9.96. The van der Waals surface area contributed by atoms with Crippen LogP contribution in [-0.4, -0.2) is 78.5 Å². The summed E-state index contributed by atoms with van der Waals surface area (Å²) in [6.07, 6.45) is 2.34. The predicted molar refractivity (Wildman–Crippen MR) is 109 cm³/mol. The fourth-order valence-corrected chi connectivity index (χ4v) is 2.89. The predicted octanol–water partition coefficient (Wildman–Crippen LogP) is 1.31. The van der Waals surface area contributed by atoms with Crippen molar-refractivity contribution >= 4 is 23.9 Å². The van der Waals surface area contributed by atoms with Crippen molar-refractivity contribution in [3.05, 3.63) is 29.1 Å². The quantitative estimate of drug-likeness (QED) is 0.427. The van der Waals surface area contributed by atoms with E-state index >= 15 is 0 Å². The van der Waals surface area contributed by atoms with Crippen molar-refractivity contribution in [3.63, 3.8) is 0 Å². The van der Waals surface area contributed by atoms with Gasteiger partial charge in [-0.1, -0.05) is 6.07 Å². The second kappa shape index (κ2) is 12.6. The van der Waals surface area contributed by atoms with Gasteiger partial charge in [-0.2, -0.15) is 0 Å². The highest BCUT2D eigenvalue weighted by molar-refractivity contribution is 5.88. The molecule has 1 saturated heterocycles. The number of aryl methyl sites for hydroxylation is 2. The maximum Gasteiger partial charge on any atom is 0.336 e. The third kappa shape index (κ3) is 10.5. The summed E-state index contributed by atoms with van der Waals surface area (Å²) in [7, 11) is 2.20. The lowest BCUT2D eigenvalue weighted by Gasteiger charge is -2.20. The number of hydrogen-bond donors (Lipinski definition) is 5. The van der Waals surface area contributed by atoms with E-state index in [1.54, 1.807) is 0 Å². The van der Waals surface area contributed by atoms with E-state index in [-0.39, 0.29) is 0 Å². The minimum atomic E-state index is -2.74. The van der Waals surface area contributed by atoms with Gasteiger partial charge in [0.05, 0.1) is 12.8 Å². The fourth-order valence-electron chi connectivity index (χ4n) is 2.89. The Morgan fingerprint density at radius 2 is 1.58 bits per heavy atom. The fraction of sp³-hybridized carbons (Fsp3) is 0.550. The average Bonchev–Trinajstić information content (AvgIpc) is 3.02. The molecule has 0 amide bonds. The summed E-state index contributed by atoms with van der Waals surface area (Å²) in [5, 5.41) is 41.2. The molecule has 0 bridgehead atoms. The average molecular weight is 442 g/mol. The Balaban J connectivity index is 0.000000498. The van der Waals surface area contributed by atoms with Crippen LogP contribution in [0.15, 0.2) is 12.3 Å². The number of carbonyl (C=O) groups is 4. The van der Waals surface area contributed by atoms with Crippen LogP contribution in [0.1, 0.15) is 55.5 Å². The van der Waals surface area contributed by atoms with Gasteiger partial charge >= 0.3 is 17.9 Å². The molecular formula is C20H30N2O9. The van der Waals surface area contributed by atoms with Crippen LogP contribution in [0.3, 0.4) is 0 Å². The minimum absolute atomic E-state index is 0.599. The molecule has 31 heavy (non-hydrogen) atoms. The molecule has 0 aromatic carbocycles. The smallest absolute Gasteiger partial charge is 0.336 e. The number of aliphatic hydroxyl groups is 1. The molecule has 0 saturated carbocycles. The van der Waals surface area contributed by atoms with Crippen molar-refractivity contribution in [2.75, 3.05) is 13.6 Å². The van der Waals surface area contributed by atoms with Crippen molar-refractivity contribution in [3.8, 4) is 0 Å². The van der Waals surface area contributed by atoms with E-state index in [4.69, 9.17) is 30.3 Å². The molecule has 0 aliphatic carbocycles. The summed E-state index contributed by atoms with van der Waals surface area (Å²) < 4.78 is 0. The van der Waals surface area contributed by atoms with Crippen molar-refractivity contribution < 1.29 is 44.7 Å². The van der Waals surface area contributed by atoms with Gasteiger partial charge in [-0.05, 0) is 51.4 Å². The van der Waals surface area contributed by atoms with E-state index < -0.39 is 42.3 Å². The Morgan fingerprint density at radius 3 is 1.90 bits per heavy atom. The lowest BCUT2D eigenvalue weighted by molar-refractivity contribution is -0.170. The number of aromatic nitrogens is 1. The van der Waals surface area contributed by atoms with Gasteiger partial charge in [0.15, 0.2) is 5.60 Å². The third-order valence-electron chi connectivity index (χ3n) is 4.55. The Morgan fingerprint density at radius 1 is 1.10 bits per heavy atom. The Labute approximate surface area is 180 Å². The van der Waals surface area contributed by atoms with Crippen LogP contribution < -0.4 is 0 Å². The molecule has 1 aliphatic rings. The van der Waals surface area contributed by atoms with Crippen LogP contribution >= 0.6 is 0 Å². The molecule has 1 aromatic heterocycles. The molecule has 0 unspecified atom stereocenters. The highest BCUT2D eigenvalue weighted by Crippen LogP contribution is 2.30. The first-order valence-electron chi connectivity index (χ1n) is 9.42. The van der Waals surface area contributed by atoms with Crippen LogP contribution in [0.5, 0.6) is 0 Å². The van der Waals surface area contributed by atoms with E-state index in [1.807, 2.05) is 6.20 Å². The van der Waals surface area contributed by atoms with Crippen molar-refractivity contribution in [2.45, 2.75) is 58.1 Å². The molecule has 1 aromatic rings. The maximum absolute atomic E-state index is 10.3. The molecule has 0 spiro atoms. The molecule has 1 aliphatic heterocycles. The first-order valence-corrected chi connectivity index (χ1v) is 9.42. The molecule has 174 valence electrons. The monoisotopic (exact) mass is 442 g/mol. The molecule has 1 atom stereocenters. The first kappa shape index (κ1) is 27.9. The minimum Gasteiger partial charge on any atom is -0.481 e. The van der Waals surface area contributed by atoms with Gasteiger partial charge < -0.3 is 25.5 Å². The van der Waals surface area contributed by atoms with E-state index in [2.05, 4.69) is 36.8 Å². The molecule has 0 radical (unpaired) electrons. The number of hydrogen-bond acceptors (Lipinski definition) is 7. The number of pyridine rings is 1. The zero-order valence-electron chi connectivity index (χ0n) is 18.0. The first-order chi connectivity index (χ1) is 14.2. The van der Waals surface area contributed by atoms with E-state index in [9.17, 15) is 14.4 Å². The van der Waals surface area contributed by atoms with E-state index in [0.29, 0.717) is 6.04 Å². The van der Waals surface area contributed by atoms with Crippen molar-refractivity contribution in [1.29, 1.82) is 0 Å². The Bertz CT molecular complexity index is 775. The summed E-state index contributed by atoms with van der Waals surface area (Å²) in [4.78, 5) is 46.3. The van der Waals surface area contributed by atoms with Gasteiger partial charge in [0, 0.05) is 24.9 Å². The summed E-state index contributed by atoms with van der Waals surface area (Å²) in [5.74, 6) is -5.85. The van der Waals surface area contributed by atoms with Gasteiger partial charge in [-0.3, -0.25) is 24.3 Å². The number of rotatable bonds is 6. The van der Waals surface area contributed by atoms with Crippen LogP contribution in [0.4, 0.5) is 0 Å². The molecule has 11 nitrogen and oxygen atoms in total. The highest BCUT2D eigenvalue weighted by Gasteiger charge is 2.40. The molecule has 1 fully saturated rings. The zero-order chi connectivity index (χ0) is 24.4. The summed E-state index contributed by atoms with van der Waals surface area (Å²) in [6.45, 7) is 6.51. The molecule has 2 heterocycles. The van der Waals surface area contributed by atoms with Gasteiger partial charge in [-0.25, -0.2) is 4.79 Å². The summed E-state index contributed by atoms with van der Waals surface area (Å²) >= 11 is 0. The summed E-state index contributed by atoms with van der Waals surface area (Å²) in [6, 6.07) is 2.89. The van der Waals surface area contributed by atoms with Crippen molar-refractivity contribution in [2.24, 2.45) is 0 Å². The van der Waals surface area contributed by atoms with Gasteiger partial charge in [0.2, 0.25) is 0 Å². The number of carboxylic acid groups (broad SMARTS) is 4. The second-order valence-corrected chi connectivity index (χ2v) is 7.31. The van der Waals surface area contributed by atoms with Gasteiger partial charge in [-0.15, -0.1) is 0 Å². The third-order valence-corrected chi connectivity index (χ3v) is 4.55. The number of nitrogens with zero attached hydrogens (tertiary/aromatic N) is 2. The van der Waals surface area contributed by atoms with Crippen LogP contribution in [0, 0.1) is 13.8 Å². The van der Waals surface area contributed by atoms with Crippen molar-refractivity contribution in [1.82, 2.24) is 9.88 Å². The Hall–Kier alpha value is -3.05. The number of aliphatic carboxylic acids is 4. The lowest BCUT2D eigenvalue weighted by Crippen LogP contribution is -2.42. The second-order valence-electron chi connectivity index (χ2n) is 7.31. The standard InChI is InChI=1S/C12H18N2.C6H8O7.C2H4O2/c1-9-7-11(8-13-10(9)2)12-5-4-6-14(12)3;7-3(8)1-6(13,5(11)12)2-4(9)10;1-2(3)4/h7-8,12H,4-6H2,1-3H3;13H,1-2H2,(H,7,8)(H,9,10)(H,11,12);1H3,(H,3,4)/t12-;;/m0../s1. The van der Waals surface area contributed by atoms with Gasteiger partial charge in [0.25, 0.3) is 5.97 Å². The van der Waals surface area contributed by atoms with Gasteiger partial charge in [0.1, 0.15) is 0 Å². The molecular weight excluding hydrogens is 412 g/mol. The number of likely N-dealkylation sites (tertiary alicyclic amines) is 1. The zero-order valence-corrected chi connectivity index (χ0v) is 18.0. The number of carboxylic acids is 4. The van der Waals surface area contributed by atoms with Crippen LogP contribution in [-0.2, 0) is 19.2 Å². The topological polar surface area (TPSA) is 186 Å². The van der Waals surface area contributed by atoms with E-state index in [0.717, 1.165) is 12.6 Å². The normalized spacial score (nSPS) is 15.7. The SMILES string of the molecule is CC(=O)O.Cc1cc([C@@H]2CCCN2C)cnc1C.O=C(O)CC(O)(CC(=O)O)C(=O)O. The summed E-state index contributed by atoms with van der Waals surface area (Å²) in [5.41, 5.74) is 1.10. The largest absolute Gasteiger partial charge is 0.481 e.